The fraction of sp³-hybridized carbons (Fsp3) is 0.533. The fourth-order valence-corrected chi connectivity index (χ4v) is 2.87. The summed E-state index contributed by atoms with van der Waals surface area (Å²) in [5, 5.41) is 3.44. The van der Waals surface area contributed by atoms with Crippen molar-refractivity contribution in [3.8, 4) is 0 Å². The molecular weight excluding hydrogens is 412 g/mol. The van der Waals surface area contributed by atoms with Crippen molar-refractivity contribution in [2.45, 2.75) is 31.7 Å². The molecule has 126 valence electrons. The van der Waals surface area contributed by atoms with Crippen LogP contribution in [0.25, 0.3) is 0 Å². The van der Waals surface area contributed by atoms with Gasteiger partial charge in [0.05, 0.1) is 0 Å². The number of halogens is 4. The number of rotatable bonds is 2. The van der Waals surface area contributed by atoms with Crippen LogP contribution in [0.5, 0.6) is 0 Å². The number of benzene rings is 1. The molecule has 0 spiro atoms. The molecule has 1 unspecified atom stereocenters. The molecule has 2 rings (SSSR count). The summed E-state index contributed by atoms with van der Waals surface area (Å²) in [4.78, 5) is 9.71. The third-order valence-electron chi connectivity index (χ3n) is 3.34. The van der Waals surface area contributed by atoms with Crippen LogP contribution in [0, 0.1) is 5.92 Å². The van der Waals surface area contributed by atoms with Crippen molar-refractivity contribution < 1.29 is 9.53 Å². The summed E-state index contributed by atoms with van der Waals surface area (Å²) >= 11 is 13.3. The Hall–Kier alpha value is -0.000000000000000167. The van der Waals surface area contributed by atoms with Crippen molar-refractivity contribution >= 4 is 57.0 Å². The molecule has 1 aliphatic rings. The van der Waals surface area contributed by atoms with Crippen molar-refractivity contribution in [2.75, 3.05) is 13.1 Å². The lowest BCUT2D eigenvalue weighted by atomic mass is 9.82. The number of alkyl halides is 1. The van der Waals surface area contributed by atoms with E-state index in [0.717, 1.165) is 24.9 Å². The number of carbonyl (C=O) groups is 1. The molecule has 22 heavy (non-hydrogen) atoms. The molecular formula is C15H21BrCl3NO2. The summed E-state index contributed by atoms with van der Waals surface area (Å²) < 4.78 is 5.31. The molecule has 3 nitrogen and oxygen atoms in total. The zero-order valence-corrected chi connectivity index (χ0v) is 16.4. The van der Waals surface area contributed by atoms with Crippen molar-refractivity contribution in [1.29, 1.82) is 0 Å². The highest BCUT2D eigenvalue weighted by Gasteiger charge is 2.22. The second-order valence-corrected chi connectivity index (χ2v) is 6.87. The molecule has 0 amide bonds. The van der Waals surface area contributed by atoms with Gasteiger partial charge in [0.2, 0.25) is 0 Å². The van der Waals surface area contributed by atoms with Gasteiger partial charge in [0.15, 0.2) is 5.56 Å². The van der Waals surface area contributed by atoms with Crippen molar-refractivity contribution in [3.05, 3.63) is 34.3 Å². The van der Waals surface area contributed by atoms with Crippen LogP contribution in [0.3, 0.4) is 0 Å². The Balaban J connectivity index is 0.000000478. The summed E-state index contributed by atoms with van der Waals surface area (Å²) in [6.07, 6.45) is 1.27. The van der Waals surface area contributed by atoms with E-state index >= 15 is 0 Å². The first-order chi connectivity index (χ1) is 9.90. The maximum absolute atomic E-state index is 9.71. The Kier molecular flexibility index (Phi) is 11.5. The minimum Gasteiger partial charge on any atom is -0.434 e. The predicted molar refractivity (Wildman–Crippen MR) is 98.4 cm³/mol. The van der Waals surface area contributed by atoms with E-state index in [1.165, 1.54) is 23.4 Å². The van der Waals surface area contributed by atoms with Gasteiger partial charge in [-0.1, -0.05) is 46.6 Å². The van der Waals surface area contributed by atoms with Gasteiger partial charge < -0.3 is 10.1 Å². The molecule has 1 aromatic carbocycles. The third-order valence-corrected chi connectivity index (χ3v) is 4.05. The maximum atomic E-state index is 9.71. The number of ether oxygens (including phenoxy) is 1. The number of piperidine rings is 1. The van der Waals surface area contributed by atoms with Gasteiger partial charge in [-0.25, -0.2) is 4.79 Å². The Bertz CT molecular complexity index is 443. The summed E-state index contributed by atoms with van der Waals surface area (Å²) in [6, 6.07) is 8.78. The molecule has 1 aliphatic heterocycles. The molecule has 0 aliphatic carbocycles. The predicted octanol–water partition coefficient (Wildman–Crippen LogP) is 5.53. The zero-order chi connectivity index (χ0) is 15.8. The third kappa shape index (κ3) is 8.59. The highest BCUT2D eigenvalue weighted by Crippen LogP contribution is 2.30. The van der Waals surface area contributed by atoms with Crippen LogP contribution in [-0.4, -0.2) is 24.1 Å². The van der Waals surface area contributed by atoms with Gasteiger partial charge in [-0.05, 0) is 56.0 Å². The lowest BCUT2D eigenvalue weighted by Crippen LogP contribution is -2.33. The minimum atomic E-state index is -0.873. The van der Waals surface area contributed by atoms with Gasteiger partial charge in [0.1, 0.15) is 0 Å². The molecule has 0 bridgehead atoms. The van der Waals surface area contributed by atoms with E-state index in [0.29, 0.717) is 0 Å². The van der Waals surface area contributed by atoms with Crippen LogP contribution >= 0.6 is 51.5 Å². The van der Waals surface area contributed by atoms with Crippen LogP contribution in [0.15, 0.2) is 28.7 Å². The average molecular weight is 434 g/mol. The molecule has 1 N–H and O–H groups in total. The molecule has 1 saturated heterocycles. The monoisotopic (exact) mass is 431 g/mol. The van der Waals surface area contributed by atoms with E-state index in [-0.39, 0.29) is 12.4 Å². The Morgan fingerprint density at radius 2 is 2.00 bits per heavy atom. The highest BCUT2D eigenvalue weighted by molar-refractivity contribution is 9.10. The first-order valence-electron chi connectivity index (χ1n) is 6.86. The highest BCUT2D eigenvalue weighted by atomic mass is 79.9. The van der Waals surface area contributed by atoms with E-state index in [9.17, 15) is 4.79 Å². The zero-order valence-electron chi connectivity index (χ0n) is 12.5. The summed E-state index contributed by atoms with van der Waals surface area (Å²) in [7, 11) is 0. The van der Waals surface area contributed by atoms with Gasteiger partial charge in [-0.3, -0.25) is 0 Å². The quantitative estimate of drug-likeness (QED) is 0.492. The molecule has 1 aromatic rings. The number of hydrogen-bond donors (Lipinski definition) is 1. The van der Waals surface area contributed by atoms with Crippen LogP contribution in [0.2, 0.25) is 0 Å². The Morgan fingerprint density at radius 3 is 2.41 bits per heavy atom. The Labute approximate surface area is 156 Å². The van der Waals surface area contributed by atoms with Gasteiger partial charge in [-0.15, -0.1) is 12.4 Å². The molecule has 3 atom stereocenters. The van der Waals surface area contributed by atoms with Crippen LogP contribution in [0.4, 0.5) is 4.79 Å². The normalized spacial score (nSPS) is 21.7. The standard InChI is InChI=1S/C12H16BrN.C3H4Cl2O2.ClH/c1-9-8-14-7-6-12(9)10-2-4-11(13)5-3-10;1-2(4)7-3(5)6;/h2-5,9,12,14H,6-8H2,1H3;2H,1H3;1H/t9-,12+;;/m1../s1. The van der Waals surface area contributed by atoms with Gasteiger partial charge >= 0.3 is 5.43 Å². The SMILES string of the molecule is CC(Cl)OC(=O)Cl.C[C@@H]1CNCC[C@@H]1c1ccc(Br)cc1.Cl. The molecule has 7 heteroatoms. The van der Waals surface area contributed by atoms with E-state index in [4.69, 9.17) is 23.2 Å². The second kappa shape index (κ2) is 11.5. The van der Waals surface area contributed by atoms with Crippen LogP contribution in [0.1, 0.15) is 31.7 Å². The van der Waals surface area contributed by atoms with Crippen LogP contribution in [-0.2, 0) is 4.74 Å². The molecule has 1 heterocycles. The summed E-state index contributed by atoms with van der Waals surface area (Å²) in [5.41, 5.74) is -0.0188. The first kappa shape index (κ1) is 22.0. The maximum Gasteiger partial charge on any atom is 0.405 e. The van der Waals surface area contributed by atoms with Gasteiger partial charge in [0, 0.05) is 16.1 Å². The van der Waals surface area contributed by atoms with Crippen LogP contribution < -0.4 is 5.32 Å². The number of carbonyl (C=O) groups excluding carboxylic acids is 1. The van der Waals surface area contributed by atoms with E-state index in [1.54, 1.807) is 0 Å². The van der Waals surface area contributed by atoms with E-state index in [1.807, 2.05) is 0 Å². The fourth-order valence-electron chi connectivity index (χ4n) is 2.35. The summed E-state index contributed by atoms with van der Waals surface area (Å²) in [5.74, 6) is 1.49. The number of nitrogens with one attached hydrogen (secondary N) is 1. The first-order valence-corrected chi connectivity index (χ1v) is 8.47. The molecule has 0 aromatic heterocycles. The Morgan fingerprint density at radius 1 is 1.41 bits per heavy atom. The lowest BCUT2D eigenvalue weighted by Gasteiger charge is -2.29. The van der Waals surface area contributed by atoms with Crippen molar-refractivity contribution in [1.82, 2.24) is 5.32 Å². The van der Waals surface area contributed by atoms with E-state index in [2.05, 4.69) is 57.2 Å². The topological polar surface area (TPSA) is 38.3 Å². The summed E-state index contributed by atoms with van der Waals surface area (Å²) in [6.45, 7) is 6.15. The molecule has 0 saturated carbocycles. The average Bonchev–Trinajstić information content (AvgIpc) is 2.39. The van der Waals surface area contributed by atoms with Crippen molar-refractivity contribution in [3.63, 3.8) is 0 Å². The van der Waals surface area contributed by atoms with Crippen molar-refractivity contribution in [2.24, 2.45) is 5.92 Å². The van der Waals surface area contributed by atoms with Gasteiger partial charge in [-0.2, -0.15) is 0 Å². The van der Waals surface area contributed by atoms with Gasteiger partial charge in [0.25, 0.3) is 0 Å². The largest absolute Gasteiger partial charge is 0.434 e. The smallest absolute Gasteiger partial charge is 0.405 e. The van der Waals surface area contributed by atoms with E-state index < -0.39 is 11.0 Å². The lowest BCUT2D eigenvalue weighted by molar-refractivity contribution is 0.166. The molecule has 0 radical (unpaired) electrons. The number of hydrogen-bond acceptors (Lipinski definition) is 3. The molecule has 1 fully saturated rings. The second-order valence-electron chi connectivity index (χ2n) is 5.03. The minimum absolute atomic E-state index is 0.